The first-order valence-electron chi connectivity index (χ1n) is 7.81. The van der Waals surface area contributed by atoms with Crippen LogP contribution in [-0.2, 0) is 0 Å². The molecule has 0 saturated heterocycles. The number of anilines is 1. The fourth-order valence-corrected chi connectivity index (χ4v) is 2.60. The van der Waals surface area contributed by atoms with Gasteiger partial charge >= 0.3 is 0 Å². The van der Waals surface area contributed by atoms with E-state index in [-0.39, 0.29) is 5.91 Å². The van der Waals surface area contributed by atoms with Gasteiger partial charge in [-0.05, 0) is 36.4 Å². The summed E-state index contributed by atoms with van der Waals surface area (Å²) in [5, 5.41) is 16.0. The van der Waals surface area contributed by atoms with Gasteiger partial charge in [0.2, 0.25) is 0 Å². The summed E-state index contributed by atoms with van der Waals surface area (Å²) in [5.41, 5.74) is 3.56. The maximum atomic E-state index is 12.4. The van der Waals surface area contributed by atoms with Gasteiger partial charge in [0, 0.05) is 29.8 Å². The lowest BCUT2D eigenvalue weighted by atomic mass is 10.1. The van der Waals surface area contributed by atoms with E-state index >= 15 is 0 Å². The third-order valence-corrected chi connectivity index (χ3v) is 3.83. The summed E-state index contributed by atoms with van der Waals surface area (Å²) >= 11 is 0. The molecule has 0 aliphatic rings. The van der Waals surface area contributed by atoms with E-state index in [9.17, 15) is 4.79 Å². The van der Waals surface area contributed by atoms with Gasteiger partial charge in [-0.15, -0.1) is 0 Å². The predicted molar refractivity (Wildman–Crippen MR) is 95.3 cm³/mol. The number of amides is 1. The highest BCUT2D eigenvalue weighted by atomic mass is 16.1. The molecule has 0 aliphatic carbocycles. The number of benzene rings is 1. The van der Waals surface area contributed by atoms with Gasteiger partial charge in [0.1, 0.15) is 0 Å². The lowest BCUT2D eigenvalue weighted by Gasteiger charge is -2.07. The Kier molecular flexibility index (Phi) is 3.84. The molecular formula is C19H12N6O. The Morgan fingerprint density at radius 3 is 2.92 bits per heavy atom. The SMILES string of the molecule is N#Cc1cccc(C(=O)Nc2ccnc(-c3cnn4cccnc34)c2)c1. The zero-order valence-electron chi connectivity index (χ0n) is 13.5. The summed E-state index contributed by atoms with van der Waals surface area (Å²) in [6.45, 7) is 0. The van der Waals surface area contributed by atoms with Gasteiger partial charge in [-0.25, -0.2) is 9.50 Å². The highest BCUT2D eigenvalue weighted by molar-refractivity contribution is 6.04. The summed E-state index contributed by atoms with van der Waals surface area (Å²) < 4.78 is 1.66. The zero-order chi connectivity index (χ0) is 17.9. The summed E-state index contributed by atoms with van der Waals surface area (Å²) in [6, 6.07) is 13.8. The van der Waals surface area contributed by atoms with Crippen molar-refractivity contribution in [3.63, 3.8) is 0 Å². The minimum Gasteiger partial charge on any atom is -0.322 e. The summed E-state index contributed by atoms with van der Waals surface area (Å²) in [6.07, 6.45) is 6.80. The molecule has 7 heteroatoms. The maximum absolute atomic E-state index is 12.4. The zero-order valence-corrected chi connectivity index (χ0v) is 13.5. The number of fused-ring (bicyclic) bond motifs is 1. The molecule has 1 aromatic carbocycles. The molecule has 1 N–H and O–H groups in total. The van der Waals surface area contributed by atoms with Crippen LogP contribution in [0.15, 0.2) is 67.3 Å². The van der Waals surface area contributed by atoms with E-state index in [4.69, 9.17) is 5.26 Å². The topological polar surface area (TPSA) is 96.0 Å². The molecule has 4 aromatic rings. The van der Waals surface area contributed by atoms with Crippen molar-refractivity contribution >= 4 is 17.2 Å². The largest absolute Gasteiger partial charge is 0.322 e. The Hall–Kier alpha value is -4.05. The second kappa shape index (κ2) is 6.45. The van der Waals surface area contributed by atoms with Crippen molar-refractivity contribution in [2.24, 2.45) is 0 Å². The van der Waals surface area contributed by atoms with Crippen molar-refractivity contribution in [2.45, 2.75) is 0 Å². The van der Waals surface area contributed by atoms with Gasteiger partial charge < -0.3 is 5.32 Å². The molecule has 7 nitrogen and oxygen atoms in total. The van der Waals surface area contributed by atoms with Gasteiger partial charge in [-0.1, -0.05) is 6.07 Å². The minimum absolute atomic E-state index is 0.294. The summed E-state index contributed by atoms with van der Waals surface area (Å²) in [5.74, 6) is -0.294. The normalized spacial score (nSPS) is 10.4. The third-order valence-electron chi connectivity index (χ3n) is 3.83. The highest BCUT2D eigenvalue weighted by Crippen LogP contribution is 2.23. The summed E-state index contributed by atoms with van der Waals surface area (Å²) in [7, 11) is 0. The van der Waals surface area contributed by atoms with E-state index in [0.29, 0.717) is 28.2 Å². The maximum Gasteiger partial charge on any atom is 0.255 e. The first-order chi connectivity index (χ1) is 12.7. The van der Waals surface area contributed by atoms with Crippen molar-refractivity contribution in [1.29, 1.82) is 5.26 Å². The number of nitriles is 1. The molecule has 0 bridgehead atoms. The Morgan fingerprint density at radius 2 is 2.04 bits per heavy atom. The van der Waals surface area contributed by atoms with Crippen LogP contribution in [-0.4, -0.2) is 25.5 Å². The lowest BCUT2D eigenvalue weighted by Crippen LogP contribution is -2.12. The standard InChI is InChI=1S/C19H12N6O/c20-11-13-3-1-4-14(9-13)19(26)24-15-5-7-21-17(10-15)16-12-23-25-8-2-6-22-18(16)25/h1-10,12H,(H,21,24,26). The van der Waals surface area contributed by atoms with Crippen LogP contribution in [0.25, 0.3) is 16.9 Å². The van der Waals surface area contributed by atoms with Crippen molar-refractivity contribution in [2.75, 3.05) is 5.32 Å². The molecule has 0 fully saturated rings. The molecule has 26 heavy (non-hydrogen) atoms. The molecule has 124 valence electrons. The van der Waals surface area contributed by atoms with E-state index in [1.165, 1.54) is 0 Å². The number of rotatable bonds is 3. The van der Waals surface area contributed by atoms with Crippen molar-refractivity contribution < 1.29 is 4.79 Å². The Labute approximate surface area is 148 Å². The van der Waals surface area contributed by atoms with Crippen molar-refractivity contribution in [3.8, 4) is 17.3 Å². The average molecular weight is 340 g/mol. The number of nitrogens with one attached hydrogen (secondary N) is 1. The number of hydrogen-bond donors (Lipinski definition) is 1. The first kappa shape index (κ1) is 15.5. The van der Waals surface area contributed by atoms with Crippen LogP contribution >= 0.6 is 0 Å². The molecule has 3 aromatic heterocycles. The van der Waals surface area contributed by atoms with Crippen LogP contribution in [0.2, 0.25) is 0 Å². The molecule has 0 spiro atoms. The molecule has 0 aliphatic heterocycles. The average Bonchev–Trinajstić information content (AvgIpc) is 3.12. The smallest absolute Gasteiger partial charge is 0.255 e. The molecular weight excluding hydrogens is 328 g/mol. The molecule has 4 rings (SSSR count). The van der Waals surface area contributed by atoms with E-state index in [1.54, 1.807) is 71.8 Å². The monoisotopic (exact) mass is 340 g/mol. The Morgan fingerprint density at radius 1 is 1.12 bits per heavy atom. The van der Waals surface area contributed by atoms with E-state index in [1.807, 2.05) is 6.07 Å². The van der Waals surface area contributed by atoms with Crippen LogP contribution < -0.4 is 5.32 Å². The van der Waals surface area contributed by atoms with E-state index in [2.05, 4.69) is 20.4 Å². The van der Waals surface area contributed by atoms with E-state index < -0.39 is 0 Å². The third kappa shape index (κ3) is 2.87. The molecule has 0 radical (unpaired) electrons. The van der Waals surface area contributed by atoms with Gasteiger partial charge in [-0.3, -0.25) is 9.78 Å². The minimum atomic E-state index is -0.294. The summed E-state index contributed by atoms with van der Waals surface area (Å²) in [4.78, 5) is 21.1. The van der Waals surface area contributed by atoms with Crippen LogP contribution in [0.1, 0.15) is 15.9 Å². The first-order valence-corrected chi connectivity index (χ1v) is 7.81. The van der Waals surface area contributed by atoms with E-state index in [0.717, 1.165) is 5.56 Å². The number of pyridine rings is 1. The Bertz CT molecular complexity index is 1160. The van der Waals surface area contributed by atoms with Crippen molar-refractivity contribution in [1.82, 2.24) is 19.6 Å². The lowest BCUT2D eigenvalue weighted by molar-refractivity contribution is 0.102. The second-order valence-electron chi connectivity index (χ2n) is 5.52. The highest BCUT2D eigenvalue weighted by Gasteiger charge is 2.11. The number of carbonyl (C=O) groups is 1. The van der Waals surface area contributed by atoms with Gasteiger partial charge in [-0.2, -0.15) is 10.4 Å². The van der Waals surface area contributed by atoms with Crippen LogP contribution in [0.3, 0.4) is 0 Å². The number of aromatic nitrogens is 4. The number of hydrogen-bond acceptors (Lipinski definition) is 5. The number of carbonyl (C=O) groups excluding carboxylic acids is 1. The van der Waals surface area contributed by atoms with Gasteiger partial charge in [0.25, 0.3) is 5.91 Å². The fraction of sp³-hybridized carbons (Fsp3) is 0. The molecule has 0 atom stereocenters. The Balaban J connectivity index is 1.64. The van der Waals surface area contributed by atoms with Crippen molar-refractivity contribution in [3.05, 3.63) is 78.4 Å². The fourth-order valence-electron chi connectivity index (χ4n) is 2.60. The van der Waals surface area contributed by atoms with Crippen LogP contribution in [0.4, 0.5) is 5.69 Å². The molecule has 0 unspecified atom stereocenters. The van der Waals surface area contributed by atoms with Gasteiger partial charge in [0.05, 0.1) is 29.1 Å². The predicted octanol–water partition coefficient (Wildman–Crippen LogP) is 2.92. The van der Waals surface area contributed by atoms with Gasteiger partial charge in [0.15, 0.2) is 5.65 Å². The second-order valence-corrected chi connectivity index (χ2v) is 5.52. The van der Waals surface area contributed by atoms with Crippen LogP contribution in [0.5, 0.6) is 0 Å². The molecule has 1 amide bonds. The number of nitrogens with zero attached hydrogens (tertiary/aromatic N) is 5. The quantitative estimate of drug-likeness (QED) is 0.618. The molecule has 0 saturated carbocycles. The van der Waals surface area contributed by atoms with Crippen LogP contribution in [0, 0.1) is 11.3 Å². The molecule has 3 heterocycles.